The Bertz CT molecular complexity index is 625. The van der Waals surface area contributed by atoms with Crippen molar-refractivity contribution in [1.82, 2.24) is 20.0 Å². The van der Waals surface area contributed by atoms with E-state index >= 15 is 0 Å². The molecule has 1 aromatic heterocycles. The van der Waals surface area contributed by atoms with Crippen molar-refractivity contribution in [3.8, 4) is 16.9 Å². The number of hydrogen-bond donors (Lipinski definition) is 1. The highest BCUT2D eigenvalue weighted by Crippen LogP contribution is 2.26. The number of benzene rings is 1. The summed E-state index contributed by atoms with van der Waals surface area (Å²) in [7, 11) is 7.76. The van der Waals surface area contributed by atoms with Crippen LogP contribution >= 0.6 is 0 Å². The lowest BCUT2D eigenvalue weighted by Crippen LogP contribution is -2.27. The van der Waals surface area contributed by atoms with Crippen molar-refractivity contribution in [2.45, 2.75) is 13.0 Å². The van der Waals surface area contributed by atoms with Crippen LogP contribution in [0.5, 0.6) is 5.75 Å². The zero-order valence-electron chi connectivity index (χ0n) is 15.8. The van der Waals surface area contributed by atoms with Crippen molar-refractivity contribution < 1.29 is 9.47 Å². The third-order valence-electron chi connectivity index (χ3n) is 4.00. The molecule has 0 saturated heterocycles. The Balaban J connectivity index is 2.03. The number of ether oxygens (including phenoxy) is 2. The fraction of sp³-hybridized carbons (Fsp3) is 0.526. The molecule has 0 radical (unpaired) electrons. The highest BCUT2D eigenvalue weighted by molar-refractivity contribution is 5.66. The molecule has 0 fully saturated rings. The highest BCUT2D eigenvalue weighted by atomic mass is 16.5. The zero-order chi connectivity index (χ0) is 18.1. The first-order valence-electron chi connectivity index (χ1n) is 8.72. The topological polar surface area (TPSA) is 51.6 Å². The zero-order valence-corrected chi connectivity index (χ0v) is 15.8. The Hall–Kier alpha value is -1.89. The Morgan fingerprint density at radius 1 is 1.20 bits per heavy atom. The average Bonchev–Trinajstić information content (AvgIpc) is 2.97. The van der Waals surface area contributed by atoms with E-state index in [-0.39, 0.29) is 0 Å². The molecule has 0 amide bonds. The molecule has 1 N–H and O–H groups in total. The van der Waals surface area contributed by atoms with E-state index < -0.39 is 0 Å². The van der Waals surface area contributed by atoms with Gasteiger partial charge in [-0.3, -0.25) is 9.58 Å². The quantitative estimate of drug-likeness (QED) is 0.632. The second-order valence-corrected chi connectivity index (χ2v) is 6.22. The lowest BCUT2D eigenvalue weighted by atomic mass is 10.1. The van der Waals surface area contributed by atoms with E-state index in [4.69, 9.17) is 9.47 Å². The van der Waals surface area contributed by atoms with Gasteiger partial charge >= 0.3 is 0 Å². The Morgan fingerprint density at radius 2 is 1.96 bits per heavy atom. The third kappa shape index (κ3) is 6.16. The summed E-state index contributed by atoms with van der Waals surface area (Å²) in [5.41, 5.74) is 3.42. The molecule has 0 bridgehead atoms. The van der Waals surface area contributed by atoms with Crippen LogP contribution in [-0.2, 0) is 18.3 Å². The molecule has 138 valence electrons. The van der Waals surface area contributed by atoms with Gasteiger partial charge in [-0.2, -0.15) is 5.10 Å². The minimum atomic E-state index is 0.668. The van der Waals surface area contributed by atoms with Gasteiger partial charge in [0.2, 0.25) is 0 Å². The van der Waals surface area contributed by atoms with Gasteiger partial charge in [0, 0.05) is 58.6 Å². The van der Waals surface area contributed by atoms with Gasteiger partial charge < -0.3 is 14.8 Å². The van der Waals surface area contributed by atoms with Gasteiger partial charge in [0.25, 0.3) is 0 Å². The Labute approximate surface area is 150 Å². The van der Waals surface area contributed by atoms with E-state index in [0.717, 1.165) is 49.7 Å². The molecule has 0 aliphatic heterocycles. The number of hydrogen-bond acceptors (Lipinski definition) is 5. The lowest BCUT2D eigenvalue weighted by Gasteiger charge is -2.15. The molecule has 6 nitrogen and oxygen atoms in total. The number of likely N-dealkylation sites (N-methyl/N-ethyl adjacent to an activating group) is 2. The monoisotopic (exact) mass is 346 g/mol. The number of rotatable bonds is 11. The standard InChI is InChI=1S/C19H30N4O2/c1-20-10-11-22(2)15-19-18(14-23(3)21-19)16-6-8-17(9-7-16)25-13-5-12-24-4/h6-9,14,20H,5,10-13,15H2,1-4H3. The second-order valence-electron chi connectivity index (χ2n) is 6.22. The molecule has 0 atom stereocenters. The fourth-order valence-corrected chi connectivity index (χ4v) is 2.65. The molecule has 6 heteroatoms. The molecule has 0 unspecified atom stereocenters. The summed E-state index contributed by atoms with van der Waals surface area (Å²) in [4.78, 5) is 2.27. The van der Waals surface area contributed by atoms with Crippen molar-refractivity contribution in [1.29, 1.82) is 0 Å². The summed E-state index contributed by atoms with van der Waals surface area (Å²) < 4.78 is 12.6. The minimum Gasteiger partial charge on any atom is -0.494 e. The van der Waals surface area contributed by atoms with Gasteiger partial charge in [0.05, 0.1) is 12.3 Å². The summed E-state index contributed by atoms with van der Waals surface area (Å²) in [5, 5.41) is 7.81. The van der Waals surface area contributed by atoms with E-state index in [1.807, 2.05) is 30.9 Å². The maximum atomic E-state index is 5.73. The van der Waals surface area contributed by atoms with Crippen molar-refractivity contribution in [3.63, 3.8) is 0 Å². The molecular formula is C19H30N4O2. The van der Waals surface area contributed by atoms with E-state index in [9.17, 15) is 0 Å². The van der Waals surface area contributed by atoms with Crippen LogP contribution in [0.3, 0.4) is 0 Å². The van der Waals surface area contributed by atoms with Crippen LogP contribution in [0.2, 0.25) is 0 Å². The summed E-state index contributed by atoms with van der Waals surface area (Å²) in [6, 6.07) is 8.23. The number of aromatic nitrogens is 2. The molecule has 0 spiro atoms. The average molecular weight is 346 g/mol. The minimum absolute atomic E-state index is 0.668. The Morgan fingerprint density at radius 3 is 2.64 bits per heavy atom. The number of aryl methyl sites for hydroxylation is 1. The van der Waals surface area contributed by atoms with Crippen LogP contribution in [0.1, 0.15) is 12.1 Å². The molecule has 0 aliphatic rings. The van der Waals surface area contributed by atoms with E-state index in [1.165, 1.54) is 5.56 Å². The molecule has 1 aromatic carbocycles. The first-order chi connectivity index (χ1) is 12.1. The van der Waals surface area contributed by atoms with Gasteiger partial charge in [0.1, 0.15) is 5.75 Å². The van der Waals surface area contributed by atoms with Crippen molar-refractivity contribution in [2.75, 3.05) is 47.5 Å². The van der Waals surface area contributed by atoms with Gasteiger partial charge in [-0.1, -0.05) is 12.1 Å². The molecule has 1 heterocycles. The predicted molar refractivity (Wildman–Crippen MR) is 101 cm³/mol. The molecule has 0 aliphatic carbocycles. The first-order valence-corrected chi connectivity index (χ1v) is 8.72. The molecule has 0 saturated carbocycles. The summed E-state index contributed by atoms with van der Waals surface area (Å²) in [6.45, 7) is 4.17. The van der Waals surface area contributed by atoms with Crippen LogP contribution in [0, 0.1) is 0 Å². The van der Waals surface area contributed by atoms with Crippen molar-refractivity contribution >= 4 is 0 Å². The second kappa shape index (κ2) is 10.2. The van der Waals surface area contributed by atoms with Crippen LogP contribution in [0.25, 0.3) is 11.1 Å². The van der Waals surface area contributed by atoms with E-state index in [0.29, 0.717) is 6.61 Å². The van der Waals surface area contributed by atoms with Crippen molar-refractivity contribution in [3.05, 3.63) is 36.2 Å². The fourth-order valence-electron chi connectivity index (χ4n) is 2.65. The van der Waals surface area contributed by atoms with Crippen LogP contribution < -0.4 is 10.1 Å². The predicted octanol–water partition coefficient (Wildman–Crippen LogP) is 2.15. The van der Waals surface area contributed by atoms with Gasteiger partial charge in [-0.25, -0.2) is 0 Å². The van der Waals surface area contributed by atoms with Crippen LogP contribution in [-0.4, -0.2) is 62.2 Å². The first kappa shape index (κ1) is 19.4. The normalized spacial score (nSPS) is 11.2. The summed E-state index contributed by atoms with van der Waals surface area (Å²) in [6.07, 6.45) is 2.97. The number of nitrogens with one attached hydrogen (secondary N) is 1. The number of methoxy groups -OCH3 is 1. The van der Waals surface area contributed by atoms with E-state index in [2.05, 4.69) is 40.7 Å². The van der Waals surface area contributed by atoms with Crippen LogP contribution in [0.4, 0.5) is 0 Å². The molecule has 25 heavy (non-hydrogen) atoms. The van der Waals surface area contributed by atoms with Gasteiger partial charge in [-0.15, -0.1) is 0 Å². The number of nitrogens with zero attached hydrogens (tertiary/aromatic N) is 3. The van der Waals surface area contributed by atoms with Gasteiger partial charge in [-0.05, 0) is 31.8 Å². The highest BCUT2D eigenvalue weighted by Gasteiger charge is 2.12. The molecule has 2 aromatic rings. The third-order valence-corrected chi connectivity index (χ3v) is 4.00. The SMILES string of the molecule is CNCCN(C)Cc1nn(C)cc1-c1ccc(OCCCOC)cc1. The Kier molecular flexibility index (Phi) is 7.91. The maximum absolute atomic E-state index is 5.73. The van der Waals surface area contributed by atoms with E-state index in [1.54, 1.807) is 7.11 Å². The van der Waals surface area contributed by atoms with Crippen LogP contribution in [0.15, 0.2) is 30.5 Å². The summed E-state index contributed by atoms with van der Waals surface area (Å²) >= 11 is 0. The maximum Gasteiger partial charge on any atom is 0.119 e. The smallest absolute Gasteiger partial charge is 0.119 e. The molecular weight excluding hydrogens is 316 g/mol. The summed E-state index contributed by atoms with van der Waals surface area (Å²) in [5.74, 6) is 0.886. The molecule has 2 rings (SSSR count). The van der Waals surface area contributed by atoms with Gasteiger partial charge in [0.15, 0.2) is 0 Å². The lowest BCUT2D eigenvalue weighted by molar-refractivity contribution is 0.172. The van der Waals surface area contributed by atoms with Crippen molar-refractivity contribution in [2.24, 2.45) is 7.05 Å². The largest absolute Gasteiger partial charge is 0.494 e.